The fraction of sp³-hybridized carbons (Fsp3) is 0.682. The van der Waals surface area contributed by atoms with Crippen LogP contribution in [0.5, 0.6) is 0 Å². The van der Waals surface area contributed by atoms with Gasteiger partial charge in [-0.15, -0.1) is 0 Å². The molecule has 1 aromatic carbocycles. The summed E-state index contributed by atoms with van der Waals surface area (Å²) in [5.74, 6) is 0.245. The lowest BCUT2D eigenvalue weighted by Crippen LogP contribution is -2.47. The van der Waals surface area contributed by atoms with Crippen molar-refractivity contribution >= 4 is 5.91 Å². The Bertz CT molecular complexity index is 561. The Morgan fingerprint density at radius 1 is 1.08 bits per heavy atom. The first-order valence-electron chi connectivity index (χ1n) is 10.0. The molecule has 3 heteroatoms. The van der Waals surface area contributed by atoms with E-state index >= 15 is 0 Å². The van der Waals surface area contributed by atoms with Crippen LogP contribution in [0.3, 0.4) is 0 Å². The smallest absolute Gasteiger partial charge is 0.220 e. The quantitative estimate of drug-likeness (QED) is 0.764. The summed E-state index contributed by atoms with van der Waals surface area (Å²) < 4.78 is 0. The molecule has 138 valence electrons. The number of aryl methyl sites for hydroxylation is 1. The molecule has 2 saturated heterocycles. The van der Waals surface area contributed by atoms with Gasteiger partial charge < -0.3 is 10.6 Å². The minimum absolute atomic E-state index is 0.213. The van der Waals surface area contributed by atoms with E-state index in [-0.39, 0.29) is 11.3 Å². The van der Waals surface area contributed by atoms with E-state index in [2.05, 4.69) is 55.7 Å². The van der Waals surface area contributed by atoms with Crippen molar-refractivity contribution in [1.29, 1.82) is 0 Å². The molecule has 1 amide bonds. The molecule has 3 nitrogen and oxygen atoms in total. The first kappa shape index (κ1) is 18.4. The maximum Gasteiger partial charge on any atom is 0.220 e. The van der Waals surface area contributed by atoms with Gasteiger partial charge in [-0.05, 0) is 61.5 Å². The summed E-state index contributed by atoms with van der Waals surface area (Å²) >= 11 is 0. The minimum Gasteiger partial charge on any atom is -0.353 e. The van der Waals surface area contributed by atoms with Crippen molar-refractivity contribution in [3.63, 3.8) is 0 Å². The lowest BCUT2D eigenvalue weighted by Gasteiger charge is -2.29. The fourth-order valence-corrected chi connectivity index (χ4v) is 4.26. The Morgan fingerprint density at radius 3 is 2.32 bits per heavy atom. The zero-order valence-corrected chi connectivity index (χ0v) is 16.1. The molecule has 0 spiro atoms. The summed E-state index contributed by atoms with van der Waals surface area (Å²) in [4.78, 5) is 12.2. The third-order valence-electron chi connectivity index (χ3n) is 5.78. The van der Waals surface area contributed by atoms with Crippen molar-refractivity contribution < 1.29 is 4.79 Å². The third-order valence-corrected chi connectivity index (χ3v) is 5.78. The lowest BCUT2D eigenvalue weighted by atomic mass is 9.86. The van der Waals surface area contributed by atoms with Crippen molar-refractivity contribution in [3.8, 4) is 0 Å². The van der Waals surface area contributed by atoms with E-state index < -0.39 is 0 Å². The molecule has 2 bridgehead atoms. The van der Waals surface area contributed by atoms with Crippen LogP contribution in [0.25, 0.3) is 0 Å². The predicted octanol–water partition coefficient (Wildman–Crippen LogP) is 4.10. The van der Waals surface area contributed by atoms with Crippen LogP contribution in [-0.2, 0) is 16.6 Å². The normalized spacial score (nSPS) is 25.8. The summed E-state index contributed by atoms with van der Waals surface area (Å²) in [5.41, 5.74) is 2.97. The van der Waals surface area contributed by atoms with Crippen LogP contribution in [0, 0.1) is 0 Å². The average molecular weight is 343 g/mol. The molecule has 2 heterocycles. The summed E-state index contributed by atoms with van der Waals surface area (Å²) in [5, 5.41) is 6.89. The van der Waals surface area contributed by atoms with Gasteiger partial charge in [-0.25, -0.2) is 0 Å². The van der Waals surface area contributed by atoms with Gasteiger partial charge in [-0.3, -0.25) is 4.79 Å². The predicted molar refractivity (Wildman–Crippen MR) is 104 cm³/mol. The highest BCUT2D eigenvalue weighted by Gasteiger charge is 2.33. The number of hydrogen-bond acceptors (Lipinski definition) is 2. The van der Waals surface area contributed by atoms with Crippen LogP contribution in [0.2, 0.25) is 0 Å². The molecule has 2 aliphatic rings. The summed E-state index contributed by atoms with van der Waals surface area (Å²) in [6.45, 7) is 6.73. The number of carbonyl (C=O) groups is 1. The zero-order chi connectivity index (χ0) is 17.9. The van der Waals surface area contributed by atoms with Gasteiger partial charge in [0.05, 0.1) is 0 Å². The number of benzene rings is 1. The van der Waals surface area contributed by atoms with Gasteiger partial charge in [0.25, 0.3) is 0 Å². The average Bonchev–Trinajstić information content (AvgIpc) is 2.90. The zero-order valence-electron chi connectivity index (χ0n) is 16.1. The number of amides is 1. The van der Waals surface area contributed by atoms with E-state index in [0.717, 1.165) is 32.1 Å². The molecule has 1 aromatic rings. The maximum absolute atomic E-state index is 12.2. The molecule has 2 atom stereocenters. The van der Waals surface area contributed by atoms with Gasteiger partial charge in [0, 0.05) is 24.5 Å². The van der Waals surface area contributed by atoms with Crippen molar-refractivity contribution in [2.45, 2.75) is 95.7 Å². The SMILES string of the molecule is CC(C)(C)c1ccc(CCCCC(=O)NC2CC3CCC(C2)N3)cc1. The molecule has 3 rings (SSSR count). The van der Waals surface area contributed by atoms with Crippen LogP contribution in [0.1, 0.15) is 76.8 Å². The molecule has 2 unspecified atom stereocenters. The number of piperidine rings is 1. The number of carbonyl (C=O) groups excluding carboxylic acids is 1. The first-order chi connectivity index (χ1) is 11.9. The topological polar surface area (TPSA) is 41.1 Å². The number of rotatable bonds is 6. The van der Waals surface area contributed by atoms with Gasteiger partial charge in [0.2, 0.25) is 5.91 Å². The van der Waals surface area contributed by atoms with Gasteiger partial charge in [0.1, 0.15) is 0 Å². The molecule has 2 aliphatic heterocycles. The van der Waals surface area contributed by atoms with E-state index in [0.29, 0.717) is 24.5 Å². The molecule has 0 aliphatic carbocycles. The van der Waals surface area contributed by atoms with Crippen molar-refractivity contribution in [3.05, 3.63) is 35.4 Å². The summed E-state index contributed by atoms with van der Waals surface area (Å²) in [6.07, 6.45) is 8.58. The molecule has 0 radical (unpaired) electrons. The highest BCUT2D eigenvalue weighted by atomic mass is 16.1. The third kappa shape index (κ3) is 5.31. The number of fused-ring (bicyclic) bond motifs is 2. The Morgan fingerprint density at radius 2 is 1.72 bits per heavy atom. The highest BCUT2D eigenvalue weighted by molar-refractivity contribution is 5.76. The van der Waals surface area contributed by atoms with Gasteiger partial charge >= 0.3 is 0 Å². The molecule has 25 heavy (non-hydrogen) atoms. The summed E-state index contributed by atoms with van der Waals surface area (Å²) in [7, 11) is 0. The molecule has 2 N–H and O–H groups in total. The second-order valence-electron chi connectivity index (χ2n) is 9.03. The Labute approximate surface area is 153 Å². The van der Waals surface area contributed by atoms with Gasteiger partial charge in [0.15, 0.2) is 0 Å². The largest absolute Gasteiger partial charge is 0.353 e. The van der Waals surface area contributed by atoms with Crippen LogP contribution < -0.4 is 10.6 Å². The van der Waals surface area contributed by atoms with Crippen LogP contribution >= 0.6 is 0 Å². The number of nitrogens with one attached hydrogen (secondary N) is 2. The Kier molecular flexibility index (Phi) is 5.83. The van der Waals surface area contributed by atoms with Crippen molar-refractivity contribution in [1.82, 2.24) is 10.6 Å². The first-order valence-corrected chi connectivity index (χ1v) is 10.0. The van der Waals surface area contributed by atoms with E-state index in [1.807, 2.05) is 0 Å². The highest BCUT2D eigenvalue weighted by Crippen LogP contribution is 2.27. The molecule has 2 fully saturated rings. The van der Waals surface area contributed by atoms with Gasteiger partial charge in [-0.2, -0.15) is 0 Å². The molecule has 0 saturated carbocycles. The molecule has 0 aromatic heterocycles. The minimum atomic E-state index is 0.213. The van der Waals surface area contributed by atoms with Crippen molar-refractivity contribution in [2.24, 2.45) is 0 Å². The van der Waals surface area contributed by atoms with Crippen molar-refractivity contribution in [2.75, 3.05) is 0 Å². The van der Waals surface area contributed by atoms with Crippen LogP contribution in [0.15, 0.2) is 24.3 Å². The van der Waals surface area contributed by atoms with Gasteiger partial charge in [-0.1, -0.05) is 45.0 Å². The Hall–Kier alpha value is -1.35. The van der Waals surface area contributed by atoms with Crippen LogP contribution in [-0.4, -0.2) is 24.0 Å². The second-order valence-corrected chi connectivity index (χ2v) is 9.03. The maximum atomic E-state index is 12.2. The number of hydrogen-bond donors (Lipinski definition) is 2. The summed E-state index contributed by atoms with van der Waals surface area (Å²) in [6, 6.07) is 10.6. The molecular weight excluding hydrogens is 308 g/mol. The lowest BCUT2D eigenvalue weighted by molar-refractivity contribution is -0.122. The molecular formula is C22H34N2O. The van der Waals surface area contributed by atoms with E-state index in [1.54, 1.807) is 0 Å². The monoisotopic (exact) mass is 342 g/mol. The second kappa shape index (κ2) is 7.90. The standard InChI is InChI=1S/C22H34N2O/c1-22(2,3)17-10-8-16(9-11-17)6-4-5-7-21(25)24-20-14-18-12-13-19(15-20)23-18/h8-11,18-20,23H,4-7,12-15H2,1-3H3,(H,24,25). The van der Waals surface area contributed by atoms with Crippen LogP contribution in [0.4, 0.5) is 0 Å². The number of unbranched alkanes of at least 4 members (excludes halogenated alkanes) is 1. The van der Waals surface area contributed by atoms with E-state index in [1.165, 1.54) is 24.0 Å². The van der Waals surface area contributed by atoms with E-state index in [4.69, 9.17) is 0 Å². The Balaban J connectivity index is 1.33. The van der Waals surface area contributed by atoms with E-state index in [9.17, 15) is 4.79 Å². The fourth-order valence-electron chi connectivity index (χ4n) is 4.26.